The van der Waals surface area contributed by atoms with Crippen molar-refractivity contribution >= 4 is 11.8 Å². The van der Waals surface area contributed by atoms with Crippen LogP contribution in [0.4, 0.5) is 5.82 Å². The van der Waals surface area contributed by atoms with Crippen molar-refractivity contribution in [3.05, 3.63) is 53.5 Å². The van der Waals surface area contributed by atoms with E-state index in [4.69, 9.17) is 4.74 Å². The van der Waals surface area contributed by atoms with Crippen LogP contribution in [0.2, 0.25) is 0 Å². The monoisotopic (exact) mass is 299 g/mol. The highest BCUT2D eigenvalue weighted by molar-refractivity contribution is 5.89. The Labute approximate surface area is 130 Å². The predicted octanol–water partition coefficient (Wildman–Crippen LogP) is 3.35. The van der Waals surface area contributed by atoms with E-state index in [0.29, 0.717) is 17.9 Å². The maximum Gasteiger partial charge on any atom is 0.338 e. The largest absolute Gasteiger partial charge is 0.456 e. The fourth-order valence-corrected chi connectivity index (χ4v) is 1.89. The van der Waals surface area contributed by atoms with E-state index in [1.54, 1.807) is 12.3 Å². The van der Waals surface area contributed by atoms with Gasteiger partial charge in [0.05, 0.1) is 5.56 Å². The lowest BCUT2D eigenvalue weighted by atomic mass is 10.1. The molecule has 5 heteroatoms. The number of nitrogens with zero attached hydrogens (tertiary/aromatic N) is 2. The summed E-state index contributed by atoms with van der Waals surface area (Å²) in [5, 5.41) is 3.21. The normalized spacial score (nSPS) is 11.1. The molecular formula is C17H21N3O2. The third-order valence-electron chi connectivity index (χ3n) is 2.81. The Hall–Kier alpha value is -2.43. The van der Waals surface area contributed by atoms with E-state index in [-0.39, 0.29) is 5.97 Å². The van der Waals surface area contributed by atoms with Gasteiger partial charge in [-0.15, -0.1) is 0 Å². The molecule has 0 atom stereocenters. The van der Waals surface area contributed by atoms with Gasteiger partial charge < -0.3 is 10.1 Å². The van der Waals surface area contributed by atoms with Crippen LogP contribution in [-0.2, 0) is 11.3 Å². The fourth-order valence-electron chi connectivity index (χ4n) is 1.89. The zero-order valence-corrected chi connectivity index (χ0v) is 13.4. The number of anilines is 1. The van der Waals surface area contributed by atoms with Gasteiger partial charge in [0, 0.05) is 12.7 Å². The van der Waals surface area contributed by atoms with Crippen LogP contribution >= 0.6 is 0 Å². The van der Waals surface area contributed by atoms with Gasteiger partial charge in [0.2, 0.25) is 0 Å². The summed E-state index contributed by atoms with van der Waals surface area (Å²) in [5.41, 5.74) is 1.04. The number of esters is 1. The first-order valence-electron chi connectivity index (χ1n) is 7.19. The van der Waals surface area contributed by atoms with E-state index in [1.165, 1.54) is 0 Å². The maximum absolute atomic E-state index is 12.1. The van der Waals surface area contributed by atoms with Gasteiger partial charge in [0.1, 0.15) is 17.2 Å². The second kappa shape index (κ2) is 6.56. The van der Waals surface area contributed by atoms with Crippen LogP contribution in [0.25, 0.3) is 0 Å². The molecule has 0 fully saturated rings. The zero-order chi connectivity index (χ0) is 16.2. The second-order valence-corrected chi connectivity index (χ2v) is 6.04. The van der Waals surface area contributed by atoms with E-state index < -0.39 is 5.60 Å². The van der Waals surface area contributed by atoms with Crippen LogP contribution in [0.1, 0.15) is 42.5 Å². The van der Waals surface area contributed by atoms with Crippen molar-refractivity contribution in [1.29, 1.82) is 0 Å². The molecule has 22 heavy (non-hydrogen) atoms. The SMILES string of the molecule is Cc1nccc(NCc2cccc(C(=O)OC(C)(C)C)c2)n1. The molecule has 0 aliphatic rings. The van der Waals surface area contributed by atoms with E-state index in [0.717, 1.165) is 11.4 Å². The summed E-state index contributed by atoms with van der Waals surface area (Å²) in [5.74, 6) is 1.16. The Balaban J connectivity index is 2.04. The van der Waals surface area contributed by atoms with Crippen LogP contribution in [0, 0.1) is 6.92 Å². The number of carbonyl (C=O) groups excluding carboxylic acids is 1. The van der Waals surface area contributed by atoms with Crippen molar-refractivity contribution < 1.29 is 9.53 Å². The summed E-state index contributed by atoms with van der Waals surface area (Å²) in [6.07, 6.45) is 1.71. The Morgan fingerprint density at radius 3 is 2.73 bits per heavy atom. The molecule has 0 radical (unpaired) electrons. The van der Waals surface area contributed by atoms with Crippen LogP contribution in [0.15, 0.2) is 36.5 Å². The Morgan fingerprint density at radius 1 is 1.27 bits per heavy atom. The molecule has 1 heterocycles. The van der Waals surface area contributed by atoms with Crippen molar-refractivity contribution in [3.63, 3.8) is 0 Å². The van der Waals surface area contributed by atoms with E-state index in [1.807, 2.05) is 52.0 Å². The molecule has 0 amide bonds. The molecular weight excluding hydrogens is 278 g/mol. The van der Waals surface area contributed by atoms with Gasteiger partial charge >= 0.3 is 5.97 Å². The van der Waals surface area contributed by atoms with Gasteiger partial charge in [-0.05, 0) is 51.5 Å². The van der Waals surface area contributed by atoms with Crippen LogP contribution in [0.5, 0.6) is 0 Å². The first-order chi connectivity index (χ1) is 10.3. The molecule has 0 aliphatic carbocycles. The molecule has 1 aromatic heterocycles. The molecule has 0 aliphatic heterocycles. The van der Waals surface area contributed by atoms with Gasteiger partial charge in [0.15, 0.2) is 0 Å². The van der Waals surface area contributed by atoms with Crippen LogP contribution < -0.4 is 5.32 Å². The van der Waals surface area contributed by atoms with Gasteiger partial charge in [-0.2, -0.15) is 0 Å². The minimum absolute atomic E-state index is 0.313. The summed E-state index contributed by atoms with van der Waals surface area (Å²) in [4.78, 5) is 20.4. The minimum atomic E-state index is -0.496. The molecule has 1 N–H and O–H groups in total. The van der Waals surface area contributed by atoms with Gasteiger partial charge in [-0.1, -0.05) is 12.1 Å². The molecule has 0 saturated heterocycles. The molecule has 0 saturated carbocycles. The number of rotatable bonds is 4. The fraction of sp³-hybridized carbons (Fsp3) is 0.353. The van der Waals surface area contributed by atoms with E-state index >= 15 is 0 Å². The lowest BCUT2D eigenvalue weighted by Gasteiger charge is -2.19. The van der Waals surface area contributed by atoms with Crippen molar-refractivity contribution in [2.45, 2.75) is 39.8 Å². The maximum atomic E-state index is 12.1. The number of hydrogen-bond acceptors (Lipinski definition) is 5. The highest BCUT2D eigenvalue weighted by atomic mass is 16.6. The number of carbonyl (C=O) groups is 1. The number of benzene rings is 1. The van der Waals surface area contributed by atoms with Gasteiger partial charge in [0.25, 0.3) is 0 Å². The number of aromatic nitrogens is 2. The van der Waals surface area contributed by atoms with Gasteiger partial charge in [-0.25, -0.2) is 14.8 Å². The highest BCUT2D eigenvalue weighted by Gasteiger charge is 2.17. The van der Waals surface area contributed by atoms with Gasteiger partial charge in [-0.3, -0.25) is 0 Å². The topological polar surface area (TPSA) is 64.1 Å². The number of ether oxygens (including phenoxy) is 1. The molecule has 0 bridgehead atoms. The molecule has 5 nitrogen and oxygen atoms in total. The Bertz CT molecular complexity index is 663. The summed E-state index contributed by atoms with van der Waals surface area (Å²) < 4.78 is 5.38. The molecule has 2 rings (SSSR count). The zero-order valence-electron chi connectivity index (χ0n) is 13.4. The quantitative estimate of drug-likeness (QED) is 0.877. The minimum Gasteiger partial charge on any atom is -0.456 e. The Morgan fingerprint density at radius 2 is 2.05 bits per heavy atom. The van der Waals surface area contributed by atoms with Crippen molar-refractivity contribution in [1.82, 2.24) is 9.97 Å². The van der Waals surface area contributed by atoms with E-state index in [2.05, 4.69) is 15.3 Å². The summed E-state index contributed by atoms with van der Waals surface area (Å²) in [6, 6.07) is 9.20. The predicted molar refractivity (Wildman–Crippen MR) is 85.7 cm³/mol. The lowest BCUT2D eigenvalue weighted by molar-refractivity contribution is 0.00694. The third kappa shape index (κ3) is 4.84. The molecule has 1 aromatic carbocycles. The average molecular weight is 299 g/mol. The standard InChI is InChI=1S/C17H21N3O2/c1-12-18-9-8-15(20-12)19-11-13-6-5-7-14(10-13)16(21)22-17(2,3)4/h5-10H,11H2,1-4H3,(H,18,19,20). The molecule has 116 valence electrons. The third-order valence-corrected chi connectivity index (χ3v) is 2.81. The summed E-state index contributed by atoms with van der Waals surface area (Å²) >= 11 is 0. The second-order valence-electron chi connectivity index (χ2n) is 6.04. The Kier molecular flexibility index (Phi) is 4.75. The smallest absolute Gasteiger partial charge is 0.338 e. The lowest BCUT2D eigenvalue weighted by Crippen LogP contribution is -2.24. The number of nitrogens with one attached hydrogen (secondary N) is 1. The first-order valence-corrected chi connectivity index (χ1v) is 7.19. The van der Waals surface area contributed by atoms with Crippen molar-refractivity contribution in [3.8, 4) is 0 Å². The molecule has 0 unspecified atom stereocenters. The van der Waals surface area contributed by atoms with Crippen LogP contribution in [0.3, 0.4) is 0 Å². The highest BCUT2D eigenvalue weighted by Crippen LogP contribution is 2.14. The van der Waals surface area contributed by atoms with Crippen LogP contribution in [-0.4, -0.2) is 21.5 Å². The average Bonchev–Trinajstić information content (AvgIpc) is 2.44. The van der Waals surface area contributed by atoms with Crippen molar-refractivity contribution in [2.75, 3.05) is 5.32 Å². The summed E-state index contributed by atoms with van der Waals surface area (Å²) in [7, 11) is 0. The van der Waals surface area contributed by atoms with E-state index in [9.17, 15) is 4.79 Å². The summed E-state index contributed by atoms with van der Waals surface area (Å²) in [6.45, 7) is 7.98. The number of aryl methyl sites for hydroxylation is 1. The first kappa shape index (κ1) is 15.9. The van der Waals surface area contributed by atoms with Crippen molar-refractivity contribution in [2.24, 2.45) is 0 Å². The molecule has 2 aromatic rings. The molecule has 0 spiro atoms. The number of hydrogen-bond donors (Lipinski definition) is 1.